The van der Waals surface area contributed by atoms with E-state index in [0.717, 1.165) is 0 Å². The summed E-state index contributed by atoms with van der Waals surface area (Å²) in [5.74, 6) is 2.08. The highest BCUT2D eigenvalue weighted by Gasteiger charge is 2.03. The van der Waals surface area contributed by atoms with Gasteiger partial charge in [0, 0.05) is 19.0 Å². The number of hydrogen-bond acceptors (Lipinski definition) is 2. The van der Waals surface area contributed by atoms with Crippen molar-refractivity contribution in [3.8, 4) is 12.3 Å². The van der Waals surface area contributed by atoms with Gasteiger partial charge in [-0.25, -0.2) is 0 Å². The van der Waals surface area contributed by atoms with E-state index in [2.05, 4.69) is 16.2 Å². The number of hydrogen-bond donors (Lipinski definition) is 2. The summed E-state index contributed by atoms with van der Waals surface area (Å²) in [5.41, 5.74) is -0.0517. The predicted octanol–water partition coefficient (Wildman–Crippen LogP) is 0.128. The molecule has 0 bridgehead atoms. The lowest BCUT2D eigenvalue weighted by Crippen LogP contribution is -2.26. The lowest BCUT2D eigenvalue weighted by molar-refractivity contribution is 0.0949. The second kappa shape index (κ2) is 4.87. The number of carbonyl (C=O) groups excluding carboxylic acids is 1. The summed E-state index contributed by atoms with van der Waals surface area (Å²) in [6, 6.07) is 4.40. The molecular weight excluding hydrogens is 180 g/mol. The van der Waals surface area contributed by atoms with E-state index in [1.165, 1.54) is 18.2 Å². The molecule has 1 aromatic rings. The molecule has 0 unspecified atom stereocenters. The number of carbonyl (C=O) groups is 1. The fraction of sp³-hybridized carbons (Fsp3) is 0.200. The molecular formula is C10H10N2O2. The number of terminal acetylenes is 1. The van der Waals surface area contributed by atoms with Crippen molar-refractivity contribution in [1.82, 2.24) is 10.3 Å². The number of aromatic nitrogens is 1. The number of pyridine rings is 1. The highest BCUT2D eigenvalue weighted by molar-refractivity contribution is 5.92. The minimum atomic E-state index is -0.321. The Morgan fingerprint density at radius 2 is 2.36 bits per heavy atom. The summed E-state index contributed by atoms with van der Waals surface area (Å²) < 4.78 is 0. The normalized spacial score (nSPS) is 9.07. The van der Waals surface area contributed by atoms with Gasteiger partial charge in [0.25, 0.3) is 5.91 Å². The third kappa shape index (κ3) is 2.79. The third-order valence-corrected chi connectivity index (χ3v) is 1.57. The zero-order chi connectivity index (χ0) is 10.4. The van der Waals surface area contributed by atoms with Crippen molar-refractivity contribution in [1.29, 1.82) is 0 Å². The standard InChI is InChI=1S/C10H10N2O2/c1-2-3-7-11-10(14)8-5-4-6-9(13)12-8/h1,4-6H,3,7H2,(H,11,14)(H,12,13). The van der Waals surface area contributed by atoms with Gasteiger partial charge in [0.1, 0.15) is 5.69 Å². The molecule has 4 nitrogen and oxygen atoms in total. The van der Waals surface area contributed by atoms with Crippen molar-refractivity contribution >= 4 is 5.91 Å². The Morgan fingerprint density at radius 1 is 1.57 bits per heavy atom. The van der Waals surface area contributed by atoms with Crippen LogP contribution in [-0.2, 0) is 0 Å². The van der Waals surface area contributed by atoms with E-state index in [1.807, 2.05) is 0 Å². The third-order valence-electron chi connectivity index (χ3n) is 1.57. The van der Waals surface area contributed by atoms with E-state index in [4.69, 9.17) is 6.42 Å². The first-order valence-electron chi connectivity index (χ1n) is 4.15. The monoisotopic (exact) mass is 190 g/mol. The molecule has 0 aromatic carbocycles. The van der Waals surface area contributed by atoms with Crippen LogP contribution in [0.3, 0.4) is 0 Å². The molecule has 0 saturated carbocycles. The second-order valence-electron chi connectivity index (χ2n) is 2.64. The van der Waals surface area contributed by atoms with Gasteiger partial charge in [-0.2, -0.15) is 0 Å². The van der Waals surface area contributed by atoms with Gasteiger partial charge < -0.3 is 10.3 Å². The largest absolute Gasteiger partial charge is 0.350 e. The van der Waals surface area contributed by atoms with Gasteiger partial charge in [0.2, 0.25) is 5.56 Å². The van der Waals surface area contributed by atoms with Gasteiger partial charge in [0.15, 0.2) is 0 Å². The first kappa shape index (κ1) is 10.1. The molecule has 0 saturated heterocycles. The van der Waals surface area contributed by atoms with Crippen molar-refractivity contribution < 1.29 is 4.79 Å². The van der Waals surface area contributed by atoms with Gasteiger partial charge in [-0.15, -0.1) is 12.3 Å². The zero-order valence-corrected chi connectivity index (χ0v) is 7.54. The van der Waals surface area contributed by atoms with Gasteiger partial charge >= 0.3 is 0 Å². The van der Waals surface area contributed by atoms with E-state index in [1.54, 1.807) is 0 Å². The molecule has 1 aromatic heterocycles. The van der Waals surface area contributed by atoms with Crippen molar-refractivity contribution in [2.75, 3.05) is 6.54 Å². The number of amides is 1. The van der Waals surface area contributed by atoms with E-state index >= 15 is 0 Å². The Labute approximate surface area is 81.3 Å². The van der Waals surface area contributed by atoms with Crippen molar-refractivity contribution in [2.45, 2.75) is 6.42 Å². The Balaban J connectivity index is 2.62. The maximum absolute atomic E-state index is 11.3. The van der Waals surface area contributed by atoms with Gasteiger partial charge in [0.05, 0.1) is 0 Å². The second-order valence-corrected chi connectivity index (χ2v) is 2.64. The Kier molecular flexibility index (Phi) is 3.50. The number of aromatic amines is 1. The average molecular weight is 190 g/mol. The first-order valence-corrected chi connectivity index (χ1v) is 4.15. The average Bonchev–Trinajstić information content (AvgIpc) is 2.18. The summed E-state index contributed by atoms with van der Waals surface area (Å²) in [4.78, 5) is 24.6. The Hall–Kier alpha value is -2.02. The topological polar surface area (TPSA) is 62.0 Å². The molecule has 72 valence electrons. The van der Waals surface area contributed by atoms with Crippen LogP contribution in [0.15, 0.2) is 23.0 Å². The Morgan fingerprint density at radius 3 is 3.00 bits per heavy atom. The highest BCUT2D eigenvalue weighted by Crippen LogP contribution is 1.89. The summed E-state index contributed by atoms with van der Waals surface area (Å²) in [7, 11) is 0. The summed E-state index contributed by atoms with van der Waals surface area (Å²) in [6.45, 7) is 0.409. The van der Waals surface area contributed by atoms with Crippen LogP contribution in [0.1, 0.15) is 16.9 Å². The molecule has 0 atom stereocenters. The molecule has 1 rings (SSSR count). The van der Waals surface area contributed by atoms with Crippen LogP contribution in [0.4, 0.5) is 0 Å². The molecule has 2 N–H and O–H groups in total. The summed E-state index contributed by atoms with van der Waals surface area (Å²) in [6.07, 6.45) is 5.49. The Bertz CT molecular complexity index is 415. The highest BCUT2D eigenvalue weighted by atomic mass is 16.2. The number of nitrogens with one attached hydrogen (secondary N) is 2. The molecule has 4 heteroatoms. The van der Waals surface area contributed by atoms with Crippen LogP contribution >= 0.6 is 0 Å². The number of rotatable bonds is 3. The fourth-order valence-corrected chi connectivity index (χ4v) is 0.924. The van der Waals surface area contributed by atoms with E-state index < -0.39 is 0 Å². The lowest BCUT2D eigenvalue weighted by Gasteiger charge is -2.01. The minimum Gasteiger partial charge on any atom is -0.350 e. The molecule has 14 heavy (non-hydrogen) atoms. The molecule has 0 aliphatic rings. The van der Waals surface area contributed by atoms with Crippen LogP contribution in [0, 0.1) is 12.3 Å². The first-order chi connectivity index (χ1) is 6.74. The van der Waals surface area contributed by atoms with Crippen LogP contribution < -0.4 is 10.9 Å². The molecule has 0 fully saturated rings. The van der Waals surface area contributed by atoms with E-state index in [-0.39, 0.29) is 17.2 Å². The summed E-state index contributed by atoms with van der Waals surface area (Å²) in [5, 5.41) is 2.58. The van der Waals surface area contributed by atoms with Gasteiger partial charge in [-0.1, -0.05) is 6.07 Å². The lowest BCUT2D eigenvalue weighted by atomic mass is 10.3. The fourth-order valence-electron chi connectivity index (χ4n) is 0.924. The predicted molar refractivity (Wildman–Crippen MR) is 52.8 cm³/mol. The molecule has 1 heterocycles. The van der Waals surface area contributed by atoms with Crippen LogP contribution in [0.25, 0.3) is 0 Å². The van der Waals surface area contributed by atoms with E-state index in [0.29, 0.717) is 13.0 Å². The van der Waals surface area contributed by atoms with Crippen molar-refractivity contribution in [2.24, 2.45) is 0 Å². The SMILES string of the molecule is C#CCCNC(=O)c1cccc(=O)[nH]1. The van der Waals surface area contributed by atoms with Gasteiger partial charge in [-0.05, 0) is 6.07 Å². The maximum atomic E-state index is 11.3. The maximum Gasteiger partial charge on any atom is 0.267 e. The molecule has 0 aliphatic heterocycles. The van der Waals surface area contributed by atoms with Crippen molar-refractivity contribution in [3.63, 3.8) is 0 Å². The van der Waals surface area contributed by atoms with E-state index in [9.17, 15) is 9.59 Å². The minimum absolute atomic E-state index is 0.245. The van der Waals surface area contributed by atoms with Crippen LogP contribution in [0.2, 0.25) is 0 Å². The van der Waals surface area contributed by atoms with Crippen LogP contribution in [-0.4, -0.2) is 17.4 Å². The smallest absolute Gasteiger partial charge is 0.267 e. The molecule has 0 aliphatic carbocycles. The summed E-state index contributed by atoms with van der Waals surface area (Å²) >= 11 is 0. The zero-order valence-electron chi connectivity index (χ0n) is 7.54. The molecule has 0 radical (unpaired) electrons. The molecule has 0 spiro atoms. The van der Waals surface area contributed by atoms with Gasteiger partial charge in [-0.3, -0.25) is 9.59 Å². The van der Waals surface area contributed by atoms with Crippen molar-refractivity contribution in [3.05, 3.63) is 34.2 Å². The van der Waals surface area contributed by atoms with Crippen LogP contribution in [0.5, 0.6) is 0 Å². The number of H-pyrrole nitrogens is 1. The molecule has 1 amide bonds. The quantitative estimate of drug-likeness (QED) is 0.525.